The number of carboxylic acids is 1. The molecule has 0 amide bonds. The normalized spacial score (nSPS) is 12.1. The number of halogens is 1. The average molecular weight is 359 g/mol. The minimum atomic E-state index is -0.950. The molecule has 0 aliphatic rings. The molecule has 1 N–H and O–H groups in total. The summed E-state index contributed by atoms with van der Waals surface area (Å²) in [7, 11) is 1.61. The van der Waals surface area contributed by atoms with Crippen LogP contribution >= 0.6 is 15.9 Å². The fraction of sp³-hybridized carbons (Fsp3) is 0.562. The second kappa shape index (κ2) is 6.26. The summed E-state index contributed by atoms with van der Waals surface area (Å²) >= 11 is 3.48. The van der Waals surface area contributed by atoms with E-state index in [1.165, 1.54) is 0 Å². The number of ether oxygens (including phenoxy) is 2. The van der Waals surface area contributed by atoms with Crippen LogP contribution in [0.3, 0.4) is 0 Å². The van der Waals surface area contributed by atoms with Crippen LogP contribution < -0.4 is 9.47 Å². The molecule has 5 heteroatoms. The molecule has 0 saturated carbocycles. The molecule has 1 aromatic carbocycles. The van der Waals surface area contributed by atoms with Crippen molar-refractivity contribution in [2.24, 2.45) is 5.41 Å². The highest BCUT2D eigenvalue weighted by atomic mass is 79.9. The molecule has 0 saturated heterocycles. The number of hydrogen-bond acceptors (Lipinski definition) is 3. The first kappa shape index (κ1) is 17.8. The van der Waals surface area contributed by atoms with Gasteiger partial charge in [0.05, 0.1) is 17.0 Å². The van der Waals surface area contributed by atoms with Gasteiger partial charge in [-0.25, -0.2) is 0 Å². The number of methoxy groups -OCH3 is 1. The summed E-state index contributed by atoms with van der Waals surface area (Å²) in [4.78, 5) is 11.2. The highest BCUT2D eigenvalue weighted by Crippen LogP contribution is 2.40. The molecular weight excluding hydrogens is 336 g/mol. The number of rotatable bonds is 5. The van der Waals surface area contributed by atoms with Crippen LogP contribution in [0.5, 0.6) is 11.5 Å². The lowest BCUT2D eigenvalue weighted by atomic mass is 9.86. The lowest BCUT2D eigenvalue weighted by Crippen LogP contribution is -2.31. The van der Waals surface area contributed by atoms with E-state index in [4.69, 9.17) is 9.47 Å². The molecule has 1 rings (SSSR count). The van der Waals surface area contributed by atoms with E-state index in [1.54, 1.807) is 21.0 Å². The summed E-state index contributed by atoms with van der Waals surface area (Å²) in [6, 6.07) is 3.74. The van der Waals surface area contributed by atoms with Gasteiger partial charge in [-0.2, -0.15) is 0 Å². The molecule has 0 bridgehead atoms. The van der Waals surface area contributed by atoms with Crippen molar-refractivity contribution in [1.29, 1.82) is 0 Å². The Morgan fingerprint density at radius 1 is 1.24 bits per heavy atom. The van der Waals surface area contributed by atoms with E-state index in [2.05, 4.69) is 36.7 Å². The standard InChI is InChI=1S/C16H23BrO4/c1-15(2,3)11-7-10(20-6)8-12(17)13(11)21-9-16(4,5)14(18)19/h7-8H,9H2,1-6H3,(H,18,19). The molecule has 118 valence electrons. The summed E-state index contributed by atoms with van der Waals surface area (Å²) < 4.78 is 11.9. The van der Waals surface area contributed by atoms with Crippen molar-refractivity contribution in [2.75, 3.05) is 13.7 Å². The zero-order valence-electron chi connectivity index (χ0n) is 13.4. The van der Waals surface area contributed by atoms with Gasteiger partial charge in [0.25, 0.3) is 0 Å². The maximum atomic E-state index is 11.2. The Labute approximate surface area is 134 Å². The van der Waals surface area contributed by atoms with Crippen molar-refractivity contribution in [3.05, 3.63) is 22.2 Å². The fourth-order valence-corrected chi connectivity index (χ4v) is 2.26. The first-order valence-corrected chi connectivity index (χ1v) is 7.52. The summed E-state index contributed by atoms with van der Waals surface area (Å²) in [5.41, 5.74) is -0.135. The monoisotopic (exact) mass is 358 g/mol. The van der Waals surface area contributed by atoms with Crippen LogP contribution in [0.1, 0.15) is 40.2 Å². The van der Waals surface area contributed by atoms with Crippen LogP contribution in [-0.2, 0) is 10.2 Å². The minimum Gasteiger partial charge on any atom is -0.497 e. The van der Waals surface area contributed by atoms with Crippen LogP contribution in [-0.4, -0.2) is 24.8 Å². The summed E-state index contributed by atoms with van der Waals surface area (Å²) in [6.07, 6.45) is 0. The van der Waals surface area contributed by atoms with Crippen LogP contribution in [0.25, 0.3) is 0 Å². The van der Waals surface area contributed by atoms with Crippen molar-refractivity contribution in [3.63, 3.8) is 0 Å². The van der Waals surface area contributed by atoms with Gasteiger partial charge in [0, 0.05) is 5.56 Å². The van der Waals surface area contributed by atoms with Crippen LogP contribution in [0.4, 0.5) is 0 Å². The van der Waals surface area contributed by atoms with Crippen molar-refractivity contribution < 1.29 is 19.4 Å². The summed E-state index contributed by atoms with van der Waals surface area (Å²) in [5.74, 6) is 0.513. The Hall–Kier alpha value is -1.23. The lowest BCUT2D eigenvalue weighted by molar-refractivity contribution is -0.148. The first-order chi connectivity index (χ1) is 9.49. The van der Waals surface area contributed by atoms with E-state index < -0.39 is 11.4 Å². The smallest absolute Gasteiger partial charge is 0.312 e. The molecule has 0 atom stereocenters. The van der Waals surface area contributed by atoms with Gasteiger partial charge < -0.3 is 14.6 Å². The molecule has 0 fully saturated rings. The molecule has 0 radical (unpaired) electrons. The predicted molar refractivity (Wildman–Crippen MR) is 86.3 cm³/mol. The van der Waals surface area contributed by atoms with Gasteiger partial charge in [-0.3, -0.25) is 4.79 Å². The van der Waals surface area contributed by atoms with E-state index in [0.29, 0.717) is 5.75 Å². The van der Waals surface area contributed by atoms with E-state index in [0.717, 1.165) is 15.8 Å². The molecule has 4 nitrogen and oxygen atoms in total. The molecule has 0 aliphatic carbocycles. The fourth-order valence-electron chi connectivity index (χ4n) is 1.70. The number of benzene rings is 1. The number of aliphatic carboxylic acids is 1. The quantitative estimate of drug-likeness (QED) is 0.854. The van der Waals surface area contributed by atoms with Crippen LogP contribution in [0.15, 0.2) is 16.6 Å². The second-order valence-corrected chi connectivity index (χ2v) is 7.57. The average Bonchev–Trinajstić information content (AvgIpc) is 2.35. The van der Waals surface area contributed by atoms with Crippen LogP contribution in [0.2, 0.25) is 0 Å². The molecule has 0 heterocycles. The van der Waals surface area contributed by atoms with Crippen molar-refractivity contribution in [3.8, 4) is 11.5 Å². The van der Waals surface area contributed by atoms with E-state index in [-0.39, 0.29) is 12.0 Å². The van der Waals surface area contributed by atoms with Crippen molar-refractivity contribution in [2.45, 2.75) is 40.0 Å². The van der Waals surface area contributed by atoms with Gasteiger partial charge in [0.2, 0.25) is 0 Å². The highest BCUT2D eigenvalue weighted by molar-refractivity contribution is 9.10. The molecule has 0 spiro atoms. The largest absolute Gasteiger partial charge is 0.497 e. The Morgan fingerprint density at radius 2 is 1.81 bits per heavy atom. The molecule has 0 aromatic heterocycles. The van der Waals surface area contributed by atoms with Gasteiger partial charge in [-0.1, -0.05) is 20.8 Å². The highest BCUT2D eigenvalue weighted by Gasteiger charge is 2.30. The summed E-state index contributed by atoms with van der Waals surface area (Å²) in [5, 5.41) is 9.19. The Morgan fingerprint density at radius 3 is 2.24 bits per heavy atom. The number of carbonyl (C=O) groups is 1. The zero-order chi connectivity index (χ0) is 16.4. The lowest BCUT2D eigenvalue weighted by Gasteiger charge is -2.27. The van der Waals surface area contributed by atoms with E-state index >= 15 is 0 Å². The Bertz CT molecular complexity index is 530. The SMILES string of the molecule is COc1cc(Br)c(OCC(C)(C)C(=O)O)c(C(C)(C)C)c1. The van der Waals surface area contributed by atoms with Crippen molar-refractivity contribution >= 4 is 21.9 Å². The molecule has 1 aromatic rings. The third kappa shape index (κ3) is 4.37. The first-order valence-electron chi connectivity index (χ1n) is 6.73. The zero-order valence-corrected chi connectivity index (χ0v) is 15.0. The van der Waals surface area contributed by atoms with E-state index in [9.17, 15) is 9.90 Å². The maximum absolute atomic E-state index is 11.2. The molecule has 0 unspecified atom stereocenters. The minimum absolute atomic E-state index is 0.0936. The maximum Gasteiger partial charge on any atom is 0.312 e. The van der Waals surface area contributed by atoms with Gasteiger partial charge in [-0.15, -0.1) is 0 Å². The molecule has 21 heavy (non-hydrogen) atoms. The topological polar surface area (TPSA) is 55.8 Å². The third-order valence-electron chi connectivity index (χ3n) is 3.22. The summed E-state index contributed by atoms with van der Waals surface area (Å²) in [6.45, 7) is 9.60. The predicted octanol–water partition coefficient (Wildman–Crippen LogP) is 4.24. The number of carboxylic acid groups (broad SMARTS) is 1. The van der Waals surface area contributed by atoms with Crippen molar-refractivity contribution in [1.82, 2.24) is 0 Å². The van der Waals surface area contributed by atoms with Crippen LogP contribution in [0, 0.1) is 5.41 Å². The second-order valence-electron chi connectivity index (χ2n) is 6.71. The van der Waals surface area contributed by atoms with Gasteiger partial charge in [0.1, 0.15) is 18.1 Å². The van der Waals surface area contributed by atoms with Gasteiger partial charge in [-0.05, 0) is 47.3 Å². The van der Waals surface area contributed by atoms with Gasteiger partial charge in [0.15, 0.2) is 0 Å². The Kier molecular flexibility index (Phi) is 5.31. The van der Waals surface area contributed by atoms with Gasteiger partial charge >= 0.3 is 5.97 Å². The number of hydrogen-bond donors (Lipinski definition) is 1. The molecular formula is C16H23BrO4. The van der Waals surface area contributed by atoms with E-state index in [1.807, 2.05) is 12.1 Å². The third-order valence-corrected chi connectivity index (χ3v) is 3.81. The Balaban J connectivity index is 3.20. The molecule has 0 aliphatic heterocycles.